The molecule has 2 saturated heterocycles. The number of aryl methyl sites for hydroxylation is 1. The van der Waals surface area contributed by atoms with E-state index in [1.807, 2.05) is 32.0 Å². The van der Waals surface area contributed by atoms with Gasteiger partial charge in [0.25, 0.3) is 0 Å². The Labute approximate surface area is 145 Å². The molecule has 4 atom stereocenters. The number of imide groups is 1. The minimum Gasteiger partial charge on any atom is -0.383 e. The van der Waals surface area contributed by atoms with Crippen molar-refractivity contribution in [3.63, 3.8) is 0 Å². The van der Waals surface area contributed by atoms with Crippen molar-refractivity contribution < 1.29 is 19.1 Å². The highest BCUT2D eigenvalue weighted by atomic mass is 16.5. The fraction of sp³-hybridized carbons (Fsp3) is 0.500. The molecule has 2 fully saturated rings. The van der Waals surface area contributed by atoms with Gasteiger partial charge in [-0.1, -0.05) is 18.2 Å². The molecule has 0 aromatic heterocycles. The number of hydrogen-bond donors (Lipinski definition) is 2. The van der Waals surface area contributed by atoms with Crippen LogP contribution in [0.15, 0.2) is 18.2 Å². The average Bonchev–Trinajstić information content (AvgIpc) is 3.13. The minimum atomic E-state index is -1.18. The highest BCUT2D eigenvalue weighted by molar-refractivity contribution is 6.15. The number of carbonyl (C=O) groups is 3. The van der Waals surface area contributed by atoms with Crippen molar-refractivity contribution in [1.29, 1.82) is 0 Å². The molecule has 7 nitrogen and oxygen atoms in total. The predicted molar refractivity (Wildman–Crippen MR) is 89.7 cm³/mol. The largest absolute Gasteiger partial charge is 0.383 e. The molecule has 3 aliphatic heterocycles. The SMILES string of the molecule is COCCN1C(=O)C2C(C)NC3(C(=O)Nc4c(C)cccc43)C2C1=O. The molecule has 3 heterocycles. The molecular formula is C18H21N3O4. The van der Waals surface area contributed by atoms with E-state index in [0.29, 0.717) is 0 Å². The number of likely N-dealkylation sites (tertiary alicyclic amines) is 1. The van der Waals surface area contributed by atoms with Crippen LogP contribution in [0, 0.1) is 18.8 Å². The first-order valence-electron chi connectivity index (χ1n) is 8.47. The zero-order valence-electron chi connectivity index (χ0n) is 14.5. The number of ether oxygens (including phenoxy) is 1. The monoisotopic (exact) mass is 343 g/mol. The molecule has 4 unspecified atom stereocenters. The van der Waals surface area contributed by atoms with Gasteiger partial charge in [0.1, 0.15) is 5.54 Å². The van der Waals surface area contributed by atoms with Gasteiger partial charge in [-0.25, -0.2) is 0 Å². The third-order valence-electron chi connectivity index (χ3n) is 5.72. The van der Waals surface area contributed by atoms with E-state index in [9.17, 15) is 14.4 Å². The van der Waals surface area contributed by atoms with Gasteiger partial charge >= 0.3 is 0 Å². The molecule has 1 spiro atoms. The van der Waals surface area contributed by atoms with Crippen LogP contribution in [0.4, 0.5) is 5.69 Å². The molecule has 0 saturated carbocycles. The highest BCUT2D eigenvalue weighted by Crippen LogP contribution is 2.53. The second kappa shape index (κ2) is 5.37. The number of fused-ring (bicyclic) bond motifs is 4. The zero-order valence-corrected chi connectivity index (χ0v) is 14.5. The molecule has 1 aromatic carbocycles. The molecule has 25 heavy (non-hydrogen) atoms. The van der Waals surface area contributed by atoms with Gasteiger partial charge in [0.2, 0.25) is 17.7 Å². The minimum absolute atomic E-state index is 0.215. The number of nitrogens with one attached hydrogen (secondary N) is 2. The van der Waals surface area contributed by atoms with Gasteiger partial charge in [0, 0.05) is 24.4 Å². The summed E-state index contributed by atoms with van der Waals surface area (Å²) >= 11 is 0. The molecule has 0 radical (unpaired) electrons. The van der Waals surface area contributed by atoms with E-state index in [4.69, 9.17) is 4.74 Å². The van der Waals surface area contributed by atoms with E-state index in [-0.39, 0.29) is 36.9 Å². The van der Waals surface area contributed by atoms with E-state index in [0.717, 1.165) is 16.8 Å². The smallest absolute Gasteiger partial charge is 0.250 e. The molecule has 2 N–H and O–H groups in total. The summed E-state index contributed by atoms with van der Waals surface area (Å²) in [5.41, 5.74) is 1.25. The van der Waals surface area contributed by atoms with Crippen molar-refractivity contribution in [3.05, 3.63) is 29.3 Å². The standard InChI is InChI=1S/C18H21N3O4/c1-9-5-4-6-11-14(9)19-17(24)18(11)13-12(10(2)20-18)15(22)21(16(13)23)7-8-25-3/h4-6,10,12-13,20H,7-8H2,1-3H3,(H,19,24). The van der Waals surface area contributed by atoms with E-state index in [1.54, 1.807) is 0 Å². The van der Waals surface area contributed by atoms with Crippen molar-refractivity contribution >= 4 is 23.4 Å². The summed E-state index contributed by atoms with van der Waals surface area (Å²) in [4.78, 5) is 40.1. The van der Waals surface area contributed by atoms with E-state index in [1.165, 1.54) is 12.0 Å². The van der Waals surface area contributed by atoms with Crippen LogP contribution in [0.25, 0.3) is 0 Å². The van der Waals surface area contributed by atoms with Gasteiger partial charge < -0.3 is 10.1 Å². The number of anilines is 1. The molecule has 1 aromatic rings. The number of para-hydroxylation sites is 1. The summed E-state index contributed by atoms with van der Waals surface area (Å²) in [6.07, 6.45) is 0. The highest BCUT2D eigenvalue weighted by Gasteiger charge is 2.69. The normalized spacial score (nSPS) is 33.2. The van der Waals surface area contributed by atoms with E-state index in [2.05, 4.69) is 10.6 Å². The number of rotatable bonds is 3. The molecular weight excluding hydrogens is 322 g/mol. The van der Waals surface area contributed by atoms with Crippen LogP contribution in [0.2, 0.25) is 0 Å². The van der Waals surface area contributed by atoms with E-state index < -0.39 is 17.4 Å². The Hall–Kier alpha value is -2.25. The summed E-state index contributed by atoms with van der Waals surface area (Å²) in [5, 5.41) is 6.21. The van der Waals surface area contributed by atoms with Crippen molar-refractivity contribution in [1.82, 2.24) is 10.2 Å². The van der Waals surface area contributed by atoms with Gasteiger partial charge in [-0.15, -0.1) is 0 Å². The molecule has 3 aliphatic rings. The maximum Gasteiger partial charge on any atom is 0.250 e. The first kappa shape index (κ1) is 16.2. The van der Waals surface area contributed by atoms with Gasteiger partial charge in [-0.2, -0.15) is 0 Å². The number of benzene rings is 1. The number of methoxy groups -OCH3 is 1. The summed E-state index contributed by atoms with van der Waals surface area (Å²) < 4.78 is 5.02. The third-order valence-corrected chi connectivity index (χ3v) is 5.72. The topological polar surface area (TPSA) is 87.7 Å². The van der Waals surface area contributed by atoms with Crippen molar-refractivity contribution in [2.45, 2.75) is 25.4 Å². The average molecular weight is 343 g/mol. The van der Waals surface area contributed by atoms with Gasteiger partial charge in [-0.3, -0.25) is 24.6 Å². The lowest BCUT2D eigenvalue weighted by molar-refractivity contribution is -0.143. The van der Waals surface area contributed by atoms with Crippen molar-refractivity contribution in [2.24, 2.45) is 11.8 Å². The second-order valence-corrected chi connectivity index (χ2v) is 7.02. The maximum absolute atomic E-state index is 13.1. The fourth-order valence-electron chi connectivity index (χ4n) is 4.60. The van der Waals surface area contributed by atoms with Crippen LogP contribution in [0.5, 0.6) is 0 Å². The second-order valence-electron chi connectivity index (χ2n) is 7.02. The van der Waals surface area contributed by atoms with Crippen LogP contribution < -0.4 is 10.6 Å². The van der Waals surface area contributed by atoms with Gasteiger partial charge in [-0.05, 0) is 19.4 Å². The van der Waals surface area contributed by atoms with Gasteiger partial charge in [0.15, 0.2) is 0 Å². The summed E-state index contributed by atoms with van der Waals surface area (Å²) in [7, 11) is 1.53. The van der Waals surface area contributed by atoms with Crippen LogP contribution in [-0.2, 0) is 24.7 Å². The molecule has 0 aliphatic carbocycles. The lowest BCUT2D eigenvalue weighted by Gasteiger charge is -2.29. The van der Waals surface area contributed by atoms with Crippen LogP contribution in [-0.4, -0.2) is 48.9 Å². The Morgan fingerprint density at radius 3 is 2.72 bits per heavy atom. The Morgan fingerprint density at radius 2 is 2.00 bits per heavy atom. The zero-order chi connectivity index (χ0) is 17.9. The van der Waals surface area contributed by atoms with Gasteiger partial charge in [0.05, 0.1) is 25.0 Å². The lowest BCUT2D eigenvalue weighted by atomic mass is 9.76. The maximum atomic E-state index is 13.1. The molecule has 0 bridgehead atoms. The predicted octanol–water partition coefficient (Wildman–Crippen LogP) is 0.382. The first-order valence-corrected chi connectivity index (χ1v) is 8.47. The molecule has 4 rings (SSSR count). The quantitative estimate of drug-likeness (QED) is 0.775. The number of nitrogens with zero attached hydrogens (tertiary/aromatic N) is 1. The summed E-state index contributed by atoms with van der Waals surface area (Å²) in [5.74, 6) is -2.05. The first-order chi connectivity index (χ1) is 11.9. The van der Waals surface area contributed by atoms with Crippen LogP contribution >= 0.6 is 0 Å². The third kappa shape index (κ3) is 1.90. The van der Waals surface area contributed by atoms with Crippen LogP contribution in [0.3, 0.4) is 0 Å². The number of amides is 3. The Kier molecular flexibility index (Phi) is 3.49. The summed E-state index contributed by atoms with van der Waals surface area (Å²) in [6.45, 7) is 4.28. The summed E-state index contributed by atoms with van der Waals surface area (Å²) in [6, 6.07) is 5.38. The Bertz CT molecular complexity index is 793. The molecule has 3 amide bonds. The number of hydrogen-bond acceptors (Lipinski definition) is 5. The fourth-order valence-corrected chi connectivity index (χ4v) is 4.60. The van der Waals surface area contributed by atoms with Crippen molar-refractivity contribution in [2.75, 3.05) is 25.6 Å². The Morgan fingerprint density at radius 1 is 1.24 bits per heavy atom. The van der Waals surface area contributed by atoms with Crippen molar-refractivity contribution in [3.8, 4) is 0 Å². The Balaban J connectivity index is 1.84. The van der Waals surface area contributed by atoms with E-state index >= 15 is 0 Å². The number of carbonyl (C=O) groups excluding carboxylic acids is 3. The molecule has 7 heteroatoms. The lowest BCUT2D eigenvalue weighted by Crippen LogP contribution is -2.53. The molecule has 132 valence electrons. The van der Waals surface area contributed by atoms with Crippen LogP contribution in [0.1, 0.15) is 18.1 Å².